The average Bonchev–Trinajstić information content (AvgIpc) is 3.37. The fourth-order valence-electron chi connectivity index (χ4n) is 4.56. The number of halogens is 1. The molecule has 1 aliphatic heterocycles. The Kier molecular flexibility index (Phi) is 6.57. The summed E-state index contributed by atoms with van der Waals surface area (Å²) in [7, 11) is 0. The highest BCUT2D eigenvalue weighted by molar-refractivity contribution is 7.80. The monoisotopic (exact) mass is 499 g/mol. The van der Waals surface area contributed by atoms with Gasteiger partial charge in [0.15, 0.2) is 5.11 Å². The Morgan fingerprint density at radius 3 is 2.47 bits per heavy atom. The summed E-state index contributed by atoms with van der Waals surface area (Å²) in [5.41, 5.74) is 5.31. The van der Waals surface area contributed by atoms with Gasteiger partial charge in [-0.15, -0.1) is 0 Å². The molecule has 36 heavy (non-hydrogen) atoms. The number of thiocarbonyl (C=S) groups is 1. The normalized spacial score (nSPS) is 14.6. The van der Waals surface area contributed by atoms with Gasteiger partial charge in [-0.1, -0.05) is 37.3 Å². The second kappa shape index (κ2) is 9.95. The fraction of sp³-hybridized carbons (Fsp3) is 0.172. The van der Waals surface area contributed by atoms with Crippen LogP contribution in [0.25, 0.3) is 17.0 Å². The molecule has 0 radical (unpaired) electrons. The van der Waals surface area contributed by atoms with E-state index >= 15 is 0 Å². The molecule has 1 aliphatic rings. The van der Waals surface area contributed by atoms with Crippen LogP contribution in [0.3, 0.4) is 0 Å². The van der Waals surface area contributed by atoms with E-state index in [1.807, 2.05) is 49.5 Å². The zero-order chi connectivity index (χ0) is 25.2. The Balaban J connectivity index is 1.51. The Morgan fingerprint density at radius 1 is 1.03 bits per heavy atom. The minimum absolute atomic E-state index is 0.213. The molecule has 0 saturated carbocycles. The van der Waals surface area contributed by atoms with Crippen molar-refractivity contribution in [2.24, 2.45) is 0 Å². The van der Waals surface area contributed by atoms with Crippen molar-refractivity contribution < 1.29 is 13.9 Å². The lowest BCUT2D eigenvalue weighted by atomic mass is 10.1. The van der Waals surface area contributed by atoms with Crippen molar-refractivity contribution in [2.45, 2.75) is 26.8 Å². The number of nitrogens with zero attached hydrogens (tertiary/aromatic N) is 2. The number of fused-ring (bicyclic) bond motifs is 1. The highest BCUT2D eigenvalue weighted by atomic mass is 32.1. The first kappa shape index (κ1) is 23.8. The van der Waals surface area contributed by atoms with Crippen molar-refractivity contribution in [3.05, 3.63) is 101 Å². The lowest BCUT2D eigenvalue weighted by Crippen LogP contribution is -2.30. The first-order valence-corrected chi connectivity index (χ1v) is 12.3. The second-order valence-corrected chi connectivity index (χ2v) is 8.95. The first-order chi connectivity index (χ1) is 17.5. The zero-order valence-corrected chi connectivity index (χ0v) is 20.9. The maximum Gasteiger partial charge on any atom is 0.281 e. The van der Waals surface area contributed by atoms with Gasteiger partial charge in [0.05, 0.1) is 17.8 Å². The number of rotatable bonds is 7. The molecule has 0 bridgehead atoms. The molecule has 1 aromatic heterocycles. The van der Waals surface area contributed by atoms with Crippen LogP contribution in [0.2, 0.25) is 0 Å². The largest absolute Gasteiger partial charge is 0.494 e. The number of carbonyl (C=O) groups is 1. The molecule has 182 valence electrons. The summed E-state index contributed by atoms with van der Waals surface area (Å²) in [5.74, 6) is 0.271. The van der Waals surface area contributed by atoms with E-state index in [4.69, 9.17) is 17.0 Å². The lowest BCUT2D eigenvalue weighted by Gasteiger charge is -2.14. The van der Waals surface area contributed by atoms with Gasteiger partial charge in [-0.25, -0.2) is 4.39 Å². The molecule has 5 nitrogen and oxygen atoms in total. The summed E-state index contributed by atoms with van der Waals surface area (Å²) < 4.78 is 21.1. The van der Waals surface area contributed by atoms with E-state index in [0.717, 1.165) is 34.2 Å². The molecule has 3 aromatic carbocycles. The molecular formula is C29H26FN3O2S. The van der Waals surface area contributed by atoms with Gasteiger partial charge in [-0.2, -0.15) is 0 Å². The third-order valence-corrected chi connectivity index (χ3v) is 6.53. The Morgan fingerprint density at radius 2 is 1.78 bits per heavy atom. The van der Waals surface area contributed by atoms with E-state index in [-0.39, 0.29) is 11.7 Å². The van der Waals surface area contributed by atoms with Crippen LogP contribution < -0.4 is 15.0 Å². The molecule has 1 N–H and O–H groups in total. The smallest absolute Gasteiger partial charge is 0.281 e. The quantitative estimate of drug-likeness (QED) is 0.248. The highest BCUT2D eigenvalue weighted by Gasteiger charge is 2.32. The summed E-state index contributed by atoms with van der Waals surface area (Å²) >= 11 is 5.50. The Labute approximate surface area is 214 Å². The third kappa shape index (κ3) is 4.50. The lowest BCUT2D eigenvalue weighted by molar-refractivity contribution is -0.113. The van der Waals surface area contributed by atoms with E-state index in [9.17, 15) is 9.18 Å². The van der Waals surface area contributed by atoms with Crippen molar-refractivity contribution >= 4 is 45.9 Å². The molecule has 1 amide bonds. The van der Waals surface area contributed by atoms with Crippen molar-refractivity contribution in [2.75, 3.05) is 11.5 Å². The molecule has 2 heterocycles. The van der Waals surface area contributed by atoms with Gasteiger partial charge in [0.25, 0.3) is 5.91 Å². The zero-order valence-electron chi connectivity index (χ0n) is 20.1. The SMILES string of the molecule is CCOc1ccc(N2C(=O)/C(=C/c3cn(Cc4ccc(F)cc4)c4c(CC)cccc34)NC2=S)cc1. The van der Waals surface area contributed by atoms with Gasteiger partial charge < -0.3 is 14.6 Å². The second-order valence-electron chi connectivity index (χ2n) is 8.56. The number of ether oxygens (including phenoxy) is 1. The van der Waals surface area contributed by atoms with E-state index in [1.165, 1.54) is 22.6 Å². The molecular weight excluding hydrogens is 473 g/mol. The summed E-state index contributed by atoms with van der Waals surface area (Å²) in [6.07, 6.45) is 4.76. The van der Waals surface area contributed by atoms with Crippen molar-refractivity contribution in [3.8, 4) is 5.75 Å². The van der Waals surface area contributed by atoms with Gasteiger partial charge in [0.1, 0.15) is 17.3 Å². The molecule has 4 aromatic rings. The molecule has 1 fully saturated rings. The maximum absolute atomic E-state index is 13.4. The Bertz CT molecular complexity index is 1470. The number of aromatic nitrogens is 1. The van der Waals surface area contributed by atoms with E-state index in [1.54, 1.807) is 12.1 Å². The molecule has 0 spiro atoms. The Hall–Kier alpha value is -3.97. The van der Waals surface area contributed by atoms with E-state index in [0.29, 0.717) is 29.6 Å². The highest BCUT2D eigenvalue weighted by Crippen LogP contribution is 2.30. The van der Waals surface area contributed by atoms with E-state index in [2.05, 4.69) is 28.9 Å². The summed E-state index contributed by atoms with van der Waals surface area (Å²) in [5, 5.41) is 4.46. The van der Waals surface area contributed by atoms with Crippen LogP contribution in [-0.4, -0.2) is 22.2 Å². The third-order valence-electron chi connectivity index (χ3n) is 6.24. The van der Waals surface area contributed by atoms with Crippen LogP contribution in [0.1, 0.15) is 30.5 Å². The van der Waals surface area contributed by atoms with Crippen molar-refractivity contribution in [1.29, 1.82) is 0 Å². The number of amides is 1. The van der Waals surface area contributed by atoms with Crippen molar-refractivity contribution in [3.63, 3.8) is 0 Å². The van der Waals surface area contributed by atoms with Crippen molar-refractivity contribution in [1.82, 2.24) is 9.88 Å². The predicted molar refractivity (Wildman–Crippen MR) is 146 cm³/mol. The van der Waals surface area contributed by atoms with Gasteiger partial charge in [-0.05, 0) is 79.2 Å². The molecule has 0 unspecified atom stereocenters. The summed E-state index contributed by atoms with van der Waals surface area (Å²) in [6.45, 7) is 5.21. The first-order valence-electron chi connectivity index (χ1n) is 11.9. The van der Waals surface area contributed by atoms with Crippen LogP contribution in [0.4, 0.5) is 10.1 Å². The van der Waals surface area contributed by atoms with Crippen LogP contribution in [0.5, 0.6) is 5.75 Å². The van der Waals surface area contributed by atoms with Crippen LogP contribution in [-0.2, 0) is 17.8 Å². The number of aryl methyl sites for hydroxylation is 1. The van der Waals surface area contributed by atoms with E-state index < -0.39 is 0 Å². The molecule has 0 aliphatic carbocycles. The molecule has 0 atom stereocenters. The summed E-state index contributed by atoms with van der Waals surface area (Å²) in [6, 6.07) is 20.0. The average molecular weight is 500 g/mol. The summed E-state index contributed by atoms with van der Waals surface area (Å²) in [4.78, 5) is 14.8. The van der Waals surface area contributed by atoms with Gasteiger partial charge in [0, 0.05) is 23.7 Å². The minimum Gasteiger partial charge on any atom is -0.494 e. The number of nitrogens with one attached hydrogen (secondary N) is 1. The number of carbonyl (C=O) groups excluding carboxylic acids is 1. The topological polar surface area (TPSA) is 46.5 Å². The van der Waals surface area contributed by atoms with Crippen LogP contribution in [0, 0.1) is 5.82 Å². The minimum atomic E-state index is -0.255. The van der Waals surface area contributed by atoms with Gasteiger partial charge in [-0.3, -0.25) is 9.69 Å². The maximum atomic E-state index is 13.4. The number of benzene rings is 3. The molecule has 7 heteroatoms. The molecule has 5 rings (SSSR count). The van der Waals surface area contributed by atoms with Gasteiger partial charge >= 0.3 is 0 Å². The number of hydrogen-bond acceptors (Lipinski definition) is 3. The van der Waals surface area contributed by atoms with Crippen LogP contribution >= 0.6 is 12.2 Å². The number of anilines is 1. The number of para-hydroxylation sites is 1. The standard InChI is InChI=1S/C29H26FN3O2S/c1-3-20-6-5-7-25-21(18-32(27(20)25)17-19-8-10-22(30)11-9-19)16-26-28(34)33(29(36)31-26)23-12-14-24(15-13-23)35-4-2/h5-16,18H,3-4,17H2,1-2H3,(H,31,36)/b26-16-. The fourth-order valence-corrected chi connectivity index (χ4v) is 4.86. The van der Waals surface area contributed by atoms with Crippen LogP contribution in [0.15, 0.2) is 78.6 Å². The number of hydrogen-bond donors (Lipinski definition) is 1. The predicted octanol–water partition coefficient (Wildman–Crippen LogP) is 6.05. The molecule has 1 saturated heterocycles. The van der Waals surface area contributed by atoms with Gasteiger partial charge in [0.2, 0.25) is 0 Å².